The number of nitrogens with zero attached hydrogens (tertiary/aromatic N) is 2. The van der Waals surface area contributed by atoms with Crippen LogP contribution in [0.25, 0.3) is 0 Å². The number of fused-ring (bicyclic) bond motifs is 1. The van der Waals surface area contributed by atoms with Gasteiger partial charge >= 0.3 is 0 Å². The lowest BCUT2D eigenvalue weighted by atomic mass is 10.1. The SMILES string of the molecule is COc1ccc(C2SC(C)=Nc3c2c(=O)[nH]n3C2CCCCCC2)cc1. The van der Waals surface area contributed by atoms with Crippen molar-refractivity contribution in [2.24, 2.45) is 4.99 Å². The predicted octanol–water partition coefficient (Wildman–Crippen LogP) is 4.97. The lowest BCUT2D eigenvalue weighted by Gasteiger charge is -2.23. The minimum Gasteiger partial charge on any atom is -0.497 e. The van der Waals surface area contributed by atoms with E-state index in [0.717, 1.165) is 40.6 Å². The van der Waals surface area contributed by atoms with Crippen LogP contribution in [-0.2, 0) is 0 Å². The second-order valence-corrected chi connectivity index (χ2v) is 8.39. The number of hydrogen-bond acceptors (Lipinski definition) is 4. The molecule has 2 aromatic rings. The Kier molecular flexibility index (Phi) is 4.94. The summed E-state index contributed by atoms with van der Waals surface area (Å²) in [5, 5.41) is 4.09. The molecule has 0 amide bonds. The molecule has 2 aliphatic rings. The Morgan fingerprint density at radius 3 is 2.50 bits per heavy atom. The summed E-state index contributed by atoms with van der Waals surface area (Å²) < 4.78 is 7.32. The van der Waals surface area contributed by atoms with Crippen molar-refractivity contribution >= 4 is 22.6 Å². The lowest BCUT2D eigenvalue weighted by Crippen LogP contribution is -2.13. The molecule has 1 atom stereocenters. The maximum Gasteiger partial charge on any atom is 0.271 e. The molecule has 1 aliphatic carbocycles. The number of benzene rings is 1. The molecule has 1 N–H and O–H groups in total. The number of aromatic nitrogens is 2. The molecule has 6 heteroatoms. The Labute approximate surface area is 157 Å². The number of hydrogen-bond donors (Lipinski definition) is 1. The van der Waals surface area contributed by atoms with Crippen molar-refractivity contribution in [3.05, 3.63) is 45.7 Å². The van der Waals surface area contributed by atoms with Crippen LogP contribution in [0.3, 0.4) is 0 Å². The minimum absolute atomic E-state index is 0.00573. The van der Waals surface area contributed by atoms with E-state index in [-0.39, 0.29) is 10.8 Å². The van der Waals surface area contributed by atoms with E-state index in [1.54, 1.807) is 18.9 Å². The maximum absolute atomic E-state index is 12.8. The van der Waals surface area contributed by atoms with Crippen molar-refractivity contribution in [1.29, 1.82) is 0 Å². The Morgan fingerprint density at radius 2 is 1.85 bits per heavy atom. The Bertz CT molecular complexity index is 858. The maximum atomic E-state index is 12.8. The van der Waals surface area contributed by atoms with Crippen molar-refractivity contribution in [2.45, 2.75) is 56.7 Å². The third-order valence-corrected chi connectivity index (χ3v) is 6.53. The van der Waals surface area contributed by atoms with Crippen LogP contribution in [0.15, 0.2) is 34.1 Å². The molecule has 1 aromatic carbocycles. The van der Waals surface area contributed by atoms with E-state index >= 15 is 0 Å². The van der Waals surface area contributed by atoms with Crippen LogP contribution in [0.2, 0.25) is 0 Å². The van der Waals surface area contributed by atoms with Gasteiger partial charge in [-0.2, -0.15) is 0 Å². The first kappa shape index (κ1) is 17.5. The van der Waals surface area contributed by atoms with Crippen LogP contribution in [0.1, 0.15) is 67.9 Å². The number of thioether (sulfide) groups is 1. The topological polar surface area (TPSA) is 59.4 Å². The van der Waals surface area contributed by atoms with Gasteiger partial charge in [-0.15, -0.1) is 0 Å². The van der Waals surface area contributed by atoms with Gasteiger partial charge in [-0.25, -0.2) is 4.99 Å². The van der Waals surface area contributed by atoms with Crippen LogP contribution in [-0.4, -0.2) is 21.9 Å². The molecule has 5 nitrogen and oxygen atoms in total. The molecule has 0 bridgehead atoms. The van der Waals surface area contributed by atoms with Crippen molar-refractivity contribution in [2.75, 3.05) is 7.11 Å². The molecule has 0 saturated heterocycles. The van der Waals surface area contributed by atoms with E-state index in [9.17, 15) is 4.79 Å². The monoisotopic (exact) mass is 371 g/mol. The molecular formula is C20H25N3O2S. The van der Waals surface area contributed by atoms with Crippen molar-refractivity contribution in [3.8, 4) is 5.75 Å². The van der Waals surface area contributed by atoms with E-state index in [1.165, 1.54) is 25.7 Å². The zero-order chi connectivity index (χ0) is 18.1. The number of rotatable bonds is 3. The first-order valence-electron chi connectivity index (χ1n) is 9.37. The van der Waals surface area contributed by atoms with E-state index in [4.69, 9.17) is 9.73 Å². The summed E-state index contributed by atoms with van der Waals surface area (Å²) in [5.74, 6) is 1.66. The molecule has 26 heavy (non-hydrogen) atoms. The zero-order valence-electron chi connectivity index (χ0n) is 15.3. The van der Waals surface area contributed by atoms with Crippen LogP contribution in [0.5, 0.6) is 5.75 Å². The smallest absolute Gasteiger partial charge is 0.271 e. The number of ether oxygens (including phenoxy) is 1. The highest BCUT2D eigenvalue weighted by Crippen LogP contribution is 2.45. The van der Waals surface area contributed by atoms with Crippen molar-refractivity contribution in [1.82, 2.24) is 9.78 Å². The molecule has 0 radical (unpaired) electrons. The van der Waals surface area contributed by atoms with Gasteiger partial charge in [-0.1, -0.05) is 49.6 Å². The second kappa shape index (κ2) is 7.35. The average molecular weight is 372 g/mol. The van der Waals surface area contributed by atoms with Crippen molar-refractivity contribution in [3.63, 3.8) is 0 Å². The number of nitrogens with one attached hydrogen (secondary N) is 1. The molecule has 1 aromatic heterocycles. The van der Waals surface area contributed by atoms with Crippen LogP contribution >= 0.6 is 11.8 Å². The summed E-state index contributed by atoms with van der Waals surface area (Å²) in [6.07, 6.45) is 7.25. The van der Waals surface area contributed by atoms with Gasteiger partial charge < -0.3 is 4.74 Å². The molecule has 2 heterocycles. The highest BCUT2D eigenvalue weighted by Gasteiger charge is 2.32. The van der Waals surface area contributed by atoms with E-state index in [0.29, 0.717) is 6.04 Å². The fourth-order valence-electron chi connectivity index (χ4n) is 4.00. The fraction of sp³-hybridized carbons (Fsp3) is 0.500. The zero-order valence-corrected chi connectivity index (χ0v) is 16.1. The van der Waals surface area contributed by atoms with Gasteiger partial charge in [0.25, 0.3) is 5.56 Å². The standard InChI is InChI=1S/C20H25N3O2S/c1-13-21-19-17(18(26-13)14-9-11-16(25-2)12-10-14)20(24)22-23(19)15-7-5-3-4-6-8-15/h9-12,15,18H,3-8H2,1-2H3,(H,22,24). The Balaban J connectivity index is 1.76. The van der Waals surface area contributed by atoms with Gasteiger partial charge in [0, 0.05) is 0 Å². The van der Waals surface area contributed by atoms with Crippen LogP contribution in [0.4, 0.5) is 5.82 Å². The van der Waals surface area contributed by atoms with Gasteiger partial charge in [0.05, 0.1) is 29.0 Å². The molecule has 1 unspecified atom stereocenters. The molecule has 1 fully saturated rings. The van der Waals surface area contributed by atoms with Crippen LogP contribution in [0, 0.1) is 0 Å². The molecule has 0 spiro atoms. The summed E-state index contributed by atoms with van der Waals surface area (Å²) in [6.45, 7) is 2.03. The second-order valence-electron chi connectivity index (χ2n) is 7.10. The quantitative estimate of drug-likeness (QED) is 0.775. The van der Waals surface area contributed by atoms with E-state index < -0.39 is 0 Å². The van der Waals surface area contributed by atoms with Gasteiger partial charge in [-0.05, 0) is 37.5 Å². The Morgan fingerprint density at radius 1 is 1.15 bits per heavy atom. The van der Waals surface area contributed by atoms with E-state index in [2.05, 4.69) is 9.78 Å². The molecule has 1 aliphatic heterocycles. The summed E-state index contributed by atoms with van der Waals surface area (Å²) >= 11 is 1.65. The average Bonchev–Trinajstić information content (AvgIpc) is 2.84. The lowest BCUT2D eigenvalue weighted by molar-refractivity contribution is 0.407. The largest absolute Gasteiger partial charge is 0.497 e. The fourth-order valence-corrected chi connectivity index (χ4v) is 5.11. The van der Waals surface area contributed by atoms with Gasteiger partial charge in [0.1, 0.15) is 5.75 Å². The summed E-state index contributed by atoms with van der Waals surface area (Å²) in [7, 11) is 1.66. The number of methoxy groups -OCH3 is 1. The number of H-pyrrole nitrogens is 1. The summed E-state index contributed by atoms with van der Waals surface area (Å²) in [5.41, 5.74) is 1.89. The molecule has 138 valence electrons. The normalized spacial score (nSPS) is 21.0. The van der Waals surface area contributed by atoms with Gasteiger partial charge in [0.15, 0.2) is 5.82 Å². The van der Waals surface area contributed by atoms with Gasteiger partial charge in [-0.3, -0.25) is 14.6 Å². The van der Waals surface area contributed by atoms with Crippen molar-refractivity contribution < 1.29 is 4.74 Å². The summed E-state index contributed by atoms with van der Waals surface area (Å²) in [4.78, 5) is 17.6. The highest BCUT2D eigenvalue weighted by atomic mass is 32.2. The Hall–Kier alpha value is -1.95. The first-order valence-corrected chi connectivity index (χ1v) is 10.3. The molecule has 4 rings (SSSR count). The number of aromatic amines is 1. The third-order valence-electron chi connectivity index (χ3n) is 5.36. The van der Waals surface area contributed by atoms with E-state index in [1.807, 2.05) is 31.2 Å². The summed E-state index contributed by atoms with van der Waals surface area (Å²) in [6, 6.07) is 8.34. The van der Waals surface area contributed by atoms with Crippen LogP contribution < -0.4 is 10.3 Å². The highest BCUT2D eigenvalue weighted by molar-refractivity contribution is 8.14. The molecular weight excluding hydrogens is 346 g/mol. The molecule has 1 saturated carbocycles. The number of aliphatic imine (C=N–C) groups is 1. The minimum atomic E-state index is -0.0239. The predicted molar refractivity (Wildman–Crippen MR) is 107 cm³/mol. The third kappa shape index (κ3) is 3.22. The van der Waals surface area contributed by atoms with Gasteiger partial charge in [0.2, 0.25) is 0 Å². The first-order chi connectivity index (χ1) is 12.7.